The molecule has 1 aliphatic rings. The summed E-state index contributed by atoms with van der Waals surface area (Å²) in [5.41, 5.74) is 1.10. The fourth-order valence-corrected chi connectivity index (χ4v) is 2.04. The summed E-state index contributed by atoms with van der Waals surface area (Å²) in [6.45, 7) is 7.43. The lowest BCUT2D eigenvalue weighted by Gasteiger charge is -2.14. The Balaban J connectivity index is 1.95. The van der Waals surface area contributed by atoms with Crippen molar-refractivity contribution in [2.75, 3.05) is 5.32 Å². The van der Waals surface area contributed by atoms with Crippen LogP contribution in [0.15, 0.2) is 6.20 Å². The quantitative estimate of drug-likeness (QED) is 0.804. The topological polar surface area (TPSA) is 29.9 Å². The molecule has 15 heavy (non-hydrogen) atoms. The zero-order valence-corrected chi connectivity index (χ0v) is 9.95. The minimum atomic E-state index is 0.546. The van der Waals surface area contributed by atoms with Crippen molar-refractivity contribution in [3.05, 3.63) is 11.9 Å². The molecule has 0 radical (unpaired) electrons. The van der Waals surface area contributed by atoms with E-state index in [2.05, 4.69) is 34.9 Å². The molecule has 84 valence electrons. The van der Waals surface area contributed by atoms with Crippen molar-refractivity contribution in [2.45, 2.75) is 52.6 Å². The highest BCUT2D eigenvalue weighted by Gasteiger charge is 2.23. The number of nitrogens with zero attached hydrogens (tertiary/aromatic N) is 2. The summed E-state index contributed by atoms with van der Waals surface area (Å²) in [5.74, 6) is 2.00. The Morgan fingerprint density at radius 1 is 1.60 bits per heavy atom. The lowest BCUT2D eigenvalue weighted by atomic mass is 10.2. The summed E-state index contributed by atoms with van der Waals surface area (Å²) in [6, 6.07) is 0.546. The van der Waals surface area contributed by atoms with Crippen molar-refractivity contribution in [1.29, 1.82) is 0 Å². The standard InChI is InChI=1S/C12H21N3/c1-4-15-8-10(3)14-12(15)13-9(2)7-11-5-6-11/h8-9,11H,4-7H2,1-3H3,(H,13,14). The van der Waals surface area contributed by atoms with E-state index in [1.165, 1.54) is 19.3 Å². The molecule has 3 heteroatoms. The van der Waals surface area contributed by atoms with E-state index in [-0.39, 0.29) is 0 Å². The molecule has 0 aliphatic heterocycles. The summed E-state index contributed by atoms with van der Waals surface area (Å²) >= 11 is 0. The van der Waals surface area contributed by atoms with Gasteiger partial charge in [0, 0.05) is 18.8 Å². The van der Waals surface area contributed by atoms with Gasteiger partial charge in [0.05, 0.1) is 5.69 Å². The minimum Gasteiger partial charge on any atom is -0.353 e. The van der Waals surface area contributed by atoms with Crippen LogP contribution >= 0.6 is 0 Å². The van der Waals surface area contributed by atoms with Crippen LogP contribution < -0.4 is 5.32 Å². The molecule has 0 spiro atoms. The smallest absolute Gasteiger partial charge is 0.203 e. The van der Waals surface area contributed by atoms with Crippen LogP contribution in [0.3, 0.4) is 0 Å². The molecule has 0 bridgehead atoms. The van der Waals surface area contributed by atoms with Crippen LogP contribution in [-0.4, -0.2) is 15.6 Å². The highest BCUT2D eigenvalue weighted by molar-refractivity contribution is 5.29. The van der Waals surface area contributed by atoms with Gasteiger partial charge in [-0.3, -0.25) is 0 Å². The Morgan fingerprint density at radius 2 is 2.33 bits per heavy atom. The molecule has 0 saturated heterocycles. The number of anilines is 1. The monoisotopic (exact) mass is 207 g/mol. The van der Waals surface area contributed by atoms with E-state index in [0.717, 1.165) is 24.1 Å². The molecule has 1 saturated carbocycles. The summed E-state index contributed by atoms with van der Waals surface area (Å²) < 4.78 is 2.18. The van der Waals surface area contributed by atoms with Crippen LogP contribution in [0.5, 0.6) is 0 Å². The van der Waals surface area contributed by atoms with E-state index < -0.39 is 0 Å². The van der Waals surface area contributed by atoms with Gasteiger partial charge in [-0.25, -0.2) is 4.98 Å². The van der Waals surface area contributed by atoms with E-state index in [1.807, 2.05) is 6.92 Å². The van der Waals surface area contributed by atoms with Crippen molar-refractivity contribution in [3.8, 4) is 0 Å². The van der Waals surface area contributed by atoms with Gasteiger partial charge in [-0.05, 0) is 33.1 Å². The maximum Gasteiger partial charge on any atom is 0.203 e. The minimum absolute atomic E-state index is 0.546. The fourth-order valence-electron chi connectivity index (χ4n) is 2.04. The van der Waals surface area contributed by atoms with E-state index >= 15 is 0 Å². The highest BCUT2D eigenvalue weighted by atomic mass is 15.2. The Kier molecular flexibility index (Phi) is 2.98. The second-order valence-electron chi connectivity index (χ2n) is 4.72. The number of imidazole rings is 1. The maximum atomic E-state index is 4.50. The fraction of sp³-hybridized carbons (Fsp3) is 0.750. The lowest BCUT2D eigenvalue weighted by Crippen LogP contribution is -2.18. The molecule has 1 fully saturated rings. The first-order valence-electron chi connectivity index (χ1n) is 5.99. The Bertz CT molecular complexity index is 326. The highest BCUT2D eigenvalue weighted by Crippen LogP contribution is 2.33. The second kappa shape index (κ2) is 4.25. The molecule has 2 rings (SSSR count). The lowest BCUT2D eigenvalue weighted by molar-refractivity contribution is 0.628. The Labute approximate surface area is 91.9 Å². The average Bonchev–Trinajstić information content (AvgIpc) is 2.90. The summed E-state index contributed by atoms with van der Waals surface area (Å²) in [6.07, 6.45) is 6.24. The average molecular weight is 207 g/mol. The molecule has 0 amide bonds. The first-order chi connectivity index (χ1) is 7.19. The largest absolute Gasteiger partial charge is 0.353 e. The number of aromatic nitrogens is 2. The maximum absolute atomic E-state index is 4.50. The predicted molar refractivity (Wildman–Crippen MR) is 63.1 cm³/mol. The molecule has 1 aromatic rings. The van der Waals surface area contributed by atoms with Crippen LogP contribution in [0.4, 0.5) is 5.95 Å². The van der Waals surface area contributed by atoms with Gasteiger partial charge in [0.1, 0.15) is 0 Å². The van der Waals surface area contributed by atoms with E-state index in [1.54, 1.807) is 0 Å². The van der Waals surface area contributed by atoms with Gasteiger partial charge in [0.2, 0.25) is 5.95 Å². The first kappa shape index (κ1) is 10.5. The van der Waals surface area contributed by atoms with Gasteiger partial charge in [-0.2, -0.15) is 0 Å². The molecule has 1 N–H and O–H groups in total. The van der Waals surface area contributed by atoms with Crippen molar-refractivity contribution in [3.63, 3.8) is 0 Å². The van der Waals surface area contributed by atoms with Gasteiger partial charge < -0.3 is 9.88 Å². The summed E-state index contributed by atoms with van der Waals surface area (Å²) in [5, 5.41) is 3.51. The first-order valence-corrected chi connectivity index (χ1v) is 5.99. The molecule has 1 aliphatic carbocycles. The van der Waals surface area contributed by atoms with Crippen LogP contribution in [0.2, 0.25) is 0 Å². The summed E-state index contributed by atoms with van der Waals surface area (Å²) in [7, 11) is 0. The molecule has 1 unspecified atom stereocenters. The molecule has 1 heterocycles. The SMILES string of the molecule is CCn1cc(C)nc1NC(C)CC1CC1. The van der Waals surface area contributed by atoms with E-state index in [4.69, 9.17) is 0 Å². The molecular weight excluding hydrogens is 186 g/mol. The molecular formula is C12H21N3. The van der Waals surface area contributed by atoms with Gasteiger partial charge in [0.15, 0.2) is 0 Å². The second-order valence-corrected chi connectivity index (χ2v) is 4.72. The third-order valence-electron chi connectivity index (χ3n) is 3.00. The molecule has 0 aromatic carbocycles. The van der Waals surface area contributed by atoms with Crippen molar-refractivity contribution in [2.24, 2.45) is 5.92 Å². The molecule has 1 aromatic heterocycles. The summed E-state index contributed by atoms with van der Waals surface area (Å²) in [4.78, 5) is 4.50. The van der Waals surface area contributed by atoms with E-state index in [0.29, 0.717) is 6.04 Å². The predicted octanol–water partition coefficient (Wildman–Crippen LogP) is 2.81. The Hall–Kier alpha value is -0.990. The van der Waals surface area contributed by atoms with E-state index in [9.17, 15) is 0 Å². The number of rotatable bonds is 5. The third kappa shape index (κ3) is 2.74. The van der Waals surface area contributed by atoms with Crippen molar-refractivity contribution < 1.29 is 0 Å². The Morgan fingerprint density at radius 3 is 2.93 bits per heavy atom. The number of hydrogen-bond donors (Lipinski definition) is 1. The van der Waals surface area contributed by atoms with Gasteiger partial charge in [-0.15, -0.1) is 0 Å². The number of nitrogens with one attached hydrogen (secondary N) is 1. The van der Waals surface area contributed by atoms with Crippen LogP contribution in [-0.2, 0) is 6.54 Å². The van der Waals surface area contributed by atoms with Crippen LogP contribution in [0.1, 0.15) is 38.8 Å². The molecule has 1 atom stereocenters. The van der Waals surface area contributed by atoms with Crippen molar-refractivity contribution >= 4 is 5.95 Å². The van der Waals surface area contributed by atoms with Crippen LogP contribution in [0.25, 0.3) is 0 Å². The van der Waals surface area contributed by atoms with Gasteiger partial charge in [0.25, 0.3) is 0 Å². The van der Waals surface area contributed by atoms with Crippen molar-refractivity contribution in [1.82, 2.24) is 9.55 Å². The normalized spacial score (nSPS) is 17.8. The van der Waals surface area contributed by atoms with Gasteiger partial charge >= 0.3 is 0 Å². The van der Waals surface area contributed by atoms with Crippen LogP contribution in [0, 0.1) is 12.8 Å². The number of hydrogen-bond acceptors (Lipinski definition) is 2. The van der Waals surface area contributed by atoms with Gasteiger partial charge in [-0.1, -0.05) is 12.8 Å². The molecule has 3 nitrogen and oxygen atoms in total. The third-order valence-corrected chi connectivity index (χ3v) is 3.00. The number of aryl methyl sites for hydroxylation is 2. The zero-order chi connectivity index (χ0) is 10.8. The zero-order valence-electron chi connectivity index (χ0n) is 9.95.